The van der Waals surface area contributed by atoms with Crippen LogP contribution in [0.2, 0.25) is 0 Å². The molecular formula is C60H53N. The fourth-order valence-electron chi connectivity index (χ4n) is 11.2. The molecule has 0 heterocycles. The number of fused-ring (bicyclic) bond motifs is 6. The zero-order valence-electron chi connectivity index (χ0n) is 35.9. The van der Waals surface area contributed by atoms with Gasteiger partial charge in [0, 0.05) is 27.8 Å². The molecule has 11 rings (SSSR count). The van der Waals surface area contributed by atoms with E-state index < -0.39 is 0 Å². The molecule has 0 aliphatic heterocycles. The van der Waals surface area contributed by atoms with Crippen LogP contribution in [0.15, 0.2) is 182 Å². The normalized spacial score (nSPS) is 15.7. The highest BCUT2D eigenvalue weighted by Gasteiger charge is 2.39. The minimum absolute atomic E-state index is 0.0147. The van der Waals surface area contributed by atoms with E-state index in [0.717, 1.165) is 17.1 Å². The quantitative estimate of drug-likeness (QED) is 0.155. The van der Waals surface area contributed by atoms with Gasteiger partial charge in [-0.2, -0.15) is 0 Å². The average molecular weight is 788 g/mol. The van der Waals surface area contributed by atoms with E-state index in [0.29, 0.717) is 5.92 Å². The van der Waals surface area contributed by atoms with Crippen molar-refractivity contribution in [2.24, 2.45) is 0 Å². The number of hydrogen-bond donors (Lipinski definition) is 0. The van der Waals surface area contributed by atoms with Crippen molar-refractivity contribution in [2.75, 3.05) is 4.90 Å². The van der Waals surface area contributed by atoms with E-state index in [2.05, 4.69) is 215 Å². The van der Waals surface area contributed by atoms with Crippen LogP contribution in [0.25, 0.3) is 55.6 Å². The molecule has 0 saturated heterocycles. The first-order valence-electron chi connectivity index (χ1n) is 22.5. The van der Waals surface area contributed by atoms with E-state index >= 15 is 0 Å². The fraction of sp³-hybridized carbons (Fsp3) is 0.200. The Balaban J connectivity index is 1.01. The summed E-state index contributed by atoms with van der Waals surface area (Å²) < 4.78 is 0. The van der Waals surface area contributed by atoms with Gasteiger partial charge >= 0.3 is 0 Å². The van der Waals surface area contributed by atoms with Crippen LogP contribution in [0.5, 0.6) is 0 Å². The predicted octanol–water partition coefficient (Wildman–Crippen LogP) is 16.8. The number of nitrogens with zero attached hydrogens (tertiary/aromatic N) is 1. The smallest absolute Gasteiger partial charge is 0.0540 e. The molecule has 8 aromatic carbocycles. The maximum atomic E-state index is 2.47. The lowest BCUT2D eigenvalue weighted by atomic mass is 9.81. The molecule has 1 heteroatoms. The van der Waals surface area contributed by atoms with Gasteiger partial charge < -0.3 is 4.90 Å². The molecule has 0 N–H and O–H groups in total. The Labute approximate surface area is 362 Å². The molecule has 0 spiro atoms. The van der Waals surface area contributed by atoms with Crippen LogP contribution in [0.1, 0.15) is 93.5 Å². The van der Waals surface area contributed by atoms with Crippen LogP contribution < -0.4 is 4.90 Å². The molecule has 298 valence electrons. The van der Waals surface area contributed by atoms with E-state index in [-0.39, 0.29) is 10.8 Å². The largest absolute Gasteiger partial charge is 0.310 e. The molecule has 3 aliphatic rings. The van der Waals surface area contributed by atoms with E-state index in [4.69, 9.17) is 0 Å². The third kappa shape index (κ3) is 6.20. The Morgan fingerprint density at radius 3 is 1.74 bits per heavy atom. The van der Waals surface area contributed by atoms with Gasteiger partial charge in [0.2, 0.25) is 0 Å². The third-order valence-corrected chi connectivity index (χ3v) is 14.5. The van der Waals surface area contributed by atoms with Crippen molar-refractivity contribution in [2.45, 2.75) is 76.5 Å². The first kappa shape index (κ1) is 37.6. The van der Waals surface area contributed by atoms with Crippen LogP contribution >= 0.6 is 0 Å². The van der Waals surface area contributed by atoms with Gasteiger partial charge in [0.05, 0.1) is 5.69 Å². The molecule has 61 heavy (non-hydrogen) atoms. The number of anilines is 3. The number of para-hydroxylation sites is 1. The van der Waals surface area contributed by atoms with Crippen LogP contribution in [0.4, 0.5) is 17.1 Å². The van der Waals surface area contributed by atoms with E-state index in [1.54, 1.807) is 0 Å². The standard InChI is InChI=1S/C60H53N/c1-59(2)53-23-13-11-21-50(53)52-38-45(32-37-54(52)59)49-22-15-24-55-58(49)51-36-35-47(39-56(51)60(55,3)4)61(57-25-14-12-20-48(57)44-18-9-6-10-19-44)46-33-30-43(31-34-46)42-28-26-41(27-29-42)40-16-7-5-8-17-40/h6,9-15,18-40H,5,7-8,16-17H2,1-4H3. The first-order chi connectivity index (χ1) is 29.8. The van der Waals surface area contributed by atoms with Crippen molar-refractivity contribution < 1.29 is 0 Å². The molecule has 0 unspecified atom stereocenters. The fourth-order valence-corrected chi connectivity index (χ4v) is 11.2. The molecule has 0 radical (unpaired) electrons. The highest BCUT2D eigenvalue weighted by Crippen LogP contribution is 2.55. The molecule has 8 aromatic rings. The van der Waals surface area contributed by atoms with Crippen LogP contribution in [-0.4, -0.2) is 0 Å². The molecular weight excluding hydrogens is 735 g/mol. The van der Waals surface area contributed by atoms with Gasteiger partial charge in [-0.15, -0.1) is 0 Å². The zero-order valence-corrected chi connectivity index (χ0v) is 35.9. The number of rotatable bonds is 7. The summed E-state index contributed by atoms with van der Waals surface area (Å²) >= 11 is 0. The van der Waals surface area contributed by atoms with Gasteiger partial charge in [-0.1, -0.05) is 193 Å². The SMILES string of the molecule is CC1(C)c2ccccc2-c2cc(-c3cccc4c3-c3ccc(N(c5ccc(-c6ccc(C7CCCCC7)cc6)cc5)c5ccccc5-c5ccccc5)cc3C4(C)C)ccc21. The lowest BCUT2D eigenvalue weighted by Gasteiger charge is -2.30. The Hall–Kier alpha value is -6.44. The van der Waals surface area contributed by atoms with Crippen LogP contribution in [0, 0.1) is 0 Å². The summed E-state index contributed by atoms with van der Waals surface area (Å²) in [4.78, 5) is 2.47. The lowest BCUT2D eigenvalue weighted by Crippen LogP contribution is -2.17. The van der Waals surface area contributed by atoms with Gasteiger partial charge in [0.25, 0.3) is 0 Å². The molecule has 0 aromatic heterocycles. The van der Waals surface area contributed by atoms with E-state index in [1.807, 2.05) is 0 Å². The molecule has 0 atom stereocenters. The van der Waals surface area contributed by atoms with Crippen molar-refractivity contribution in [3.63, 3.8) is 0 Å². The Morgan fingerprint density at radius 1 is 0.377 bits per heavy atom. The van der Waals surface area contributed by atoms with E-state index in [9.17, 15) is 0 Å². The summed E-state index contributed by atoms with van der Waals surface area (Å²) in [5, 5.41) is 0. The van der Waals surface area contributed by atoms with Crippen molar-refractivity contribution in [1.29, 1.82) is 0 Å². The molecule has 0 bridgehead atoms. The van der Waals surface area contributed by atoms with Crippen LogP contribution in [-0.2, 0) is 10.8 Å². The Bertz CT molecular complexity index is 2920. The van der Waals surface area contributed by atoms with Gasteiger partial charge in [0.1, 0.15) is 0 Å². The summed E-state index contributed by atoms with van der Waals surface area (Å²) in [5.41, 5.74) is 23.2. The summed E-state index contributed by atoms with van der Waals surface area (Å²) in [6.45, 7) is 9.53. The zero-order chi connectivity index (χ0) is 41.3. The minimum Gasteiger partial charge on any atom is -0.310 e. The lowest BCUT2D eigenvalue weighted by molar-refractivity contribution is 0.443. The highest BCUT2D eigenvalue weighted by molar-refractivity contribution is 5.96. The third-order valence-electron chi connectivity index (χ3n) is 14.5. The van der Waals surface area contributed by atoms with E-state index in [1.165, 1.54) is 116 Å². The van der Waals surface area contributed by atoms with Gasteiger partial charge in [0.15, 0.2) is 0 Å². The first-order valence-corrected chi connectivity index (χ1v) is 22.5. The second-order valence-corrected chi connectivity index (χ2v) is 18.7. The van der Waals surface area contributed by atoms with Crippen LogP contribution in [0.3, 0.4) is 0 Å². The molecule has 1 saturated carbocycles. The topological polar surface area (TPSA) is 3.24 Å². The van der Waals surface area contributed by atoms with Gasteiger partial charge in [-0.3, -0.25) is 0 Å². The second kappa shape index (κ2) is 14.6. The van der Waals surface area contributed by atoms with Crippen molar-refractivity contribution in [3.8, 4) is 55.6 Å². The Morgan fingerprint density at radius 2 is 0.967 bits per heavy atom. The summed E-state index contributed by atoms with van der Waals surface area (Å²) in [5.74, 6) is 0.713. The minimum atomic E-state index is -0.194. The number of benzene rings is 8. The maximum Gasteiger partial charge on any atom is 0.0540 e. The van der Waals surface area contributed by atoms with Crippen molar-refractivity contribution in [1.82, 2.24) is 0 Å². The molecule has 3 aliphatic carbocycles. The maximum absolute atomic E-state index is 2.47. The molecule has 0 amide bonds. The summed E-state index contributed by atoms with van der Waals surface area (Å²) in [6, 6.07) is 68.7. The molecule has 1 nitrogen and oxygen atoms in total. The summed E-state index contributed by atoms with van der Waals surface area (Å²) in [7, 11) is 0. The second-order valence-electron chi connectivity index (χ2n) is 18.7. The summed E-state index contributed by atoms with van der Waals surface area (Å²) in [6.07, 6.45) is 6.75. The monoisotopic (exact) mass is 787 g/mol. The predicted molar refractivity (Wildman–Crippen MR) is 258 cm³/mol. The average Bonchev–Trinajstić information content (AvgIpc) is 3.69. The molecule has 1 fully saturated rings. The Kier molecular flexibility index (Phi) is 9.01. The van der Waals surface area contributed by atoms with Gasteiger partial charge in [-0.25, -0.2) is 0 Å². The van der Waals surface area contributed by atoms with Gasteiger partial charge in [-0.05, 0) is 133 Å². The van der Waals surface area contributed by atoms with Crippen molar-refractivity contribution >= 4 is 17.1 Å². The number of hydrogen-bond acceptors (Lipinski definition) is 1. The van der Waals surface area contributed by atoms with Crippen molar-refractivity contribution in [3.05, 3.63) is 210 Å². The highest BCUT2D eigenvalue weighted by atomic mass is 15.1.